The quantitative estimate of drug-likeness (QED) is 0.518. The van der Waals surface area contributed by atoms with Crippen molar-refractivity contribution in [3.8, 4) is 17.3 Å². The molecule has 1 aromatic carbocycles. The van der Waals surface area contributed by atoms with Crippen LogP contribution in [0.25, 0.3) is 17.3 Å². The summed E-state index contributed by atoms with van der Waals surface area (Å²) >= 11 is 6.01. The van der Waals surface area contributed by atoms with E-state index in [1.165, 1.54) is 6.33 Å². The van der Waals surface area contributed by atoms with Crippen LogP contribution in [0, 0.1) is 6.92 Å². The summed E-state index contributed by atoms with van der Waals surface area (Å²) < 4.78 is 9.72. The number of hydrogen-bond donors (Lipinski definition) is 0. The summed E-state index contributed by atoms with van der Waals surface area (Å²) in [5, 5.41) is 4.82. The SMILES string of the molecule is Cc1nccn1-c1nc(-c2ccc(Cl)cc2)c(CCCn2cncn2)o1. The van der Waals surface area contributed by atoms with Crippen LogP contribution in [-0.4, -0.2) is 29.3 Å². The van der Waals surface area contributed by atoms with Crippen molar-refractivity contribution in [1.29, 1.82) is 0 Å². The minimum absolute atomic E-state index is 0.515. The third-order valence-electron chi connectivity index (χ3n) is 4.09. The zero-order chi connectivity index (χ0) is 17.9. The van der Waals surface area contributed by atoms with Gasteiger partial charge in [-0.05, 0) is 25.5 Å². The van der Waals surface area contributed by atoms with Crippen LogP contribution in [0.3, 0.4) is 0 Å². The van der Waals surface area contributed by atoms with Gasteiger partial charge in [-0.2, -0.15) is 10.1 Å². The van der Waals surface area contributed by atoms with Crippen molar-refractivity contribution in [1.82, 2.24) is 29.3 Å². The van der Waals surface area contributed by atoms with Crippen LogP contribution in [0.2, 0.25) is 5.02 Å². The summed E-state index contributed by atoms with van der Waals surface area (Å²) in [7, 11) is 0. The van der Waals surface area contributed by atoms with Gasteiger partial charge in [-0.3, -0.25) is 9.25 Å². The van der Waals surface area contributed by atoms with Gasteiger partial charge < -0.3 is 4.42 Å². The molecule has 0 fully saturated rings. The molecule has 8 heteroatoms. The Kier molecular flexibility index (Phi) is 4.53. The van der Waals surface area contributed by atoms with E-state index in [1.54, 1.807) is 17.2 Å². The fourth-order valence-corrected chi connectivity index (χ4v) is 2.90. The van der Waals surface area contributed by atoms with Gasteiger partial charge in [-0.25, -0.2) is 9.97 Å². The van der Waals surface area contributed by atoms with Crippen LogP contribution in [0.1, 0.15) is 18.0 Å². The molecule has 0 radical (unpaired) electrons. The molecular formula is C18H17ClN6O. The van der Waals surface area contributed by atoms with E-state index < -0.39 is 0 Å². The minimum atomic E-state index is 0.515. The number of imidazole rings is 1. The number of aromatic nitrogens is 6. The molecule has 132 valence electrons. The number of rotatable bonds is 6. The van der Waals surface area contributed by atoms with Crippen LogP contribution < -0.4 is 0 Å². The molecule has 0 bridgehead atoms. The highest BCUT2D eigenvalue weighted by atomic mass is 35.5. The van der Waals surface area contributed by atoms with Gasteiger partial charge >= 0.3 is 6.01 Å². The molecule has 0 aliphatic heterocycles. The number of benzene rings is 1. The van der Waals surface area contributed by atoms with Gasteiger partial charge in [0.25, 0.3) is 0 Å². The van der Waals surface area contributed by atoms with Gasteiger partial charge in [-0.1, -0.05) is 23.7 Å². The van der Waals surface area contributed by atoms with Crippen molar-refractivity contribution in [2.75, 3.05) is 0 Å². The summed E-state index contributed by atoms with van der Waals surface area (Å²) in [5.74, 6) is 1.65. The zero-order valence-electron chi connectivity index (χ0n) is 14.2. The molecule has 26 heavy (non-hydrogen) atoms. The molecule has 0 atom stereocenters. The maximum absolute atomic E-state index is 6.08. The van der Waals surface area contributed by atoms with Crippen molar-refractivity contribution >= 4 is 11.6 Å². The smallest absolute Gasteiger partial charge is 0.307 e. The number of halogens is 1. The summed E-state index contributed by atoms with van der Waals surface area (Å²) in [6.07, 6.45) is 8.41. The Balaban J connectivity index is 1.64. The normalized spacial score (nSPS) is 11.2. The fourth-order valence-electron chi connectivity index (χ4n) is 2.78. The van der Waals surface area contributed by atoms with E-state index in [2.05, 4.69) is 15.1 Å². The van der Waals surface area contributed by atoms with Crippen LogP contribution in [-0.2, 0) is 13.0 Å². The standard InChI is InChI=1S/C18H17ClN6O/c1-13-21-8-10-25(13)18-23-17(14-4-6-15(19)7-5-14)16(26-18)3-2-9-24-12-20-11-22-24/h4-8,10-12H,2-3,9H2,1H3. The summed E-state index contributed by atoms with van der Waals surface area (Å²) in [6.45, 7) is 2.68. The molecular weight excluding hydrogens is 352 g/mol. The molecule has 3 aromatic heterocycles. The van der Waals surface area contributed by atoms with Crippen LogP contribution in [0.5, 0.6) is 0 Å². The molecule has 4 rings (SSSR count). The molecule has 0 aliphatic carbocycles. The first-order valence-electron chi connectivity index (χ1n) is 8.29. The monoisotopic (exact) mass is 368 g/mol. The summed E-state index contributed by atoms with van der Waals surface area (Å²) in [6, 6.07) is 8.12. The topological polar surface area (TPSA) is 74.6 Å². The Morgan fingerprint density at radius 3 is 2.73 bits per heavy atom. The van der Waals surface area contributed by atoms with E-state index in [9.17, 15) is 0 Å². The highest BCUT2D eigenvalue weighted by molar-refractivity contribution is 6.30. The number of aryl methyl sites for hydroxylation is 3. The highest BCUT2D eigenvalue weighted by Crippen LogP contribution is 2.28. The molecule has 7 nitrogen and oxygen atoms in total. The third-order valence-corrected chi connectivity index (χ3v) is 4.35. The largest absolute Gasteiger partial charge is 0.427 e. The lowest BCUT2D eigenvalue weighted by Crippen LogP contribution is -2.00. The second kappa shape index (κ2) is 7.13. The Morgan fingerprint density at radius 2 is 2.04 bits per heavy atom. The molecule has 0 unspecified atom stereocenters. The molecule has 0 saturated carbocycles. The predicted molar refractivity (Wildman–Crippen MR) is 97.2 cm³/mol. The lowest BCUT2D eigenvalue weighted by Gasteiger charge is -2.02. The molecule has 0 aliphatic rings. The van der Waals surface area contributed by atoms with E-state index in [4.69, 9.17) is 21.0 Å². The average Bonchev–Trinajstić information content (AvgIpc) is 3.37. The maximum Gasteiger partial charge on any atom is 0.307 e. The minimum Gasteiger partial charge on any atom is -0.427 e. The Bertz CT molecular complexity index is 987. The van der Waals surface area contributed by atoms with Gasteiger partial charge in [-0.15, -0.1) is 0 Å². The van der Waals surface area contributed by atoms with Crippen LogP contribution in [0.15, 0.2) is 53.7 Å². The van der Waals surface area contributed by atoms with E-state index in [0.717, 1.165) is 42.2 Å². The number of hydrogen-bond acceptors (Lipinski definition) is 5. The van der Waals surface area contributed by atoms with Gasteiger partial charge in [0.1, 0.15) is 29.9 Å². The number of nitrogens with zero attached hydrogens (tertiary/aromatic N) is 6. The molecule has 0 saturated heterocycles. The van der Waals surface area contributed by atoms with Gasteiger partial charge in [0.05, 0.1) is 0 Å². The van der Waals surface area contributed by atoms with Gasteiger partial charge in [0.15, 0.2) is 0 Å². The summed E-state index contributed by atoms with van der Waals surface area (Å²) in [5.41, 5.74) is 1.79. The van der Waals surface area contributed by atoms with Crippen molar-refractivity contribution < 1.29 is 4.42 Å². The first-order chi connectivity index (χ1) is 12.7. The Morgan fingerprint density at radius 1 is 1.19 bits per heavy atom. The zero-order valence-corrected chi connectivity index (χ0v) is 15.0. The van der Waals surface area contributed by atoms with Crippen molar-refractivity contribution in [3.63, 3.8) is 0 Å². The van der Waals surface area contributed by atoms with E-state index in [0.29, 0.717) is 11.0 Å². The van der Waals surface area contributed by atoms with Crippen molar-refractivity contribution in [2.45, 2.75) is 26.3 Å². The first-order valence-corrected chi connectivity index (χ1v) is 8.67. The van der Waals surface area contributed by atoms with Crippen LogP contribution in [0.4, 0.5) is 0 Å². The molecule has 4 aromatic rings. The van der Waals surface area contributed by atoms with Gasteiger partial charge in [0.2, 0.25) is 0 Å². The second-order valence-corrected chi connectivity index (χ2v) is 6.32. The average molecular weight is 369 g/mol. The van der Waals surface area contributed by atoms with Gasteiger partial charge in [0, 0.05) is 35.9 Å². The number of oxazole rings is 1. The van der Waals surface area contributed by atoms with Crippen molar-refractivity contribution in [3.05, 3.63) is 65.9 Å². The Hall–Kier alpha value is -2.93. The van der Waals surface area contributed by atoms with E-state index in [1.807, 2.05) is 42.0 Å². The second-order valence-electron chi connectivity index (χ2n) is 5.88. The maximum atomic E-state index is 6.08. The fraction of sp³-hybridized carbons (Fsp3) is 0.222. The Labute approximate surface area is 155 Å². The highest BCUT2D eigenvalue weighted by Gasteiger charge is 2.17. The first kappa shape index (κ1) is 16.5. The van der Waals surface area contributed by atoms with E-state index >= 15 is 0 Å². The molecule has 3 heterocycles. The lowest BCUT2D eigenvalue weighted by molar-refractivity contribution is 0.462. The van der Waals surface area contributed by atoms with E-state index in [-0.39, 0.29) is 0 Å². The third kappa shape index (κ3) is 3.39. The lowest BCUT2D eigenvalue weighted by atomic mass is 10.1. The van der Waals surface area contributed by atoms with Crippen LogP contribution >= 0.6 is 11.6 Å². The predicted octanol–water partition coefficient (Wildman–Crippen LogP) is 3.71. The molecule has 0 N–H and O–H groups in total. The molecule has 0 spiro atoms. The molecule has 0 amide bonds. The van der Waals surface area contributed by atoms with Crippen molar-refractivity contribution in [2.24, 2.45) is 0 Å². The summed E-state index contributed by atoms with van der Waals surface area (Å²) in [4.78, 5) is 12.9.